The molecule has 96 valence electrons. The largest absolute Gasteiger partial charge is 0.496 e. The average molecular weight is 263 g/mol. The summed E-state index contributed by atoms with van der Waals surface area (Å²) in [5, 5.41) is 11.8. The van der Waals surface area contributed by atoms with Gasteiger partial charge in [0.1, 0.15) is 10.8 Å². The minimum Gasteiger partial charge on any atom is -0.496 e. The van der Waals surface area contributed by atoms with Gasteiger partial charge < -0.3 is 9.84 Å². The number of aliphatic hydroxyl groups excluding tert-OH is 1. The van der Waals surface area contributed by atoms with E-state index in [2.05, 4.69) is 31.0 Å². The molecular weight excluding hydrogens is 246 g/mol. The number of benzene rings is 1. The Labute approximate surface area is 111 Å². The van der Waals surface area contributed by atoms with Crippen LogP contribution in [-0.2, 0) is 6.61 Å². The third-order valence-electron chi connectivity index (χ3n) is 2.85. The van der Waals surface area contributed by atoms with Gasteiger partial charge in [-0.05, 0) is 23.6 Å². The topological polar surface area (TPSA) is 42.4 Å². The molecule has 0 saturated heterocycles. The molecule has 0 radical (unpaired) electrons. The molecule has 0 saturated carbocycles. The van der Waals surface area contributed by atoms with E-state index in [4.69, 9.17) is 9.84 Å². The van der Waals surface area contributed by atoms with Gasteiger partial charge in [0.25, 0.3) is 0 Å². The molecule has 0 aliphatic rings. The molecule has 2 rings (SSSR count). The maximum atomic E-state index is 9.08. The Bertz CT molecular complexity index is 534. The van der Waals surface area contributed by atoms with Crippen LogP contribution in [0.3, 0.4) is 0 Å². The summed E-state index contributed by atoms with van der Waals surface area (Å²) in [6.45, 7) is 4.30. The van der Waals surface area contributed by atoms with Crippen molar-refractivity contribution in [3.63, 3.8) is 0 Å². The zero-order valence-electron chi connectivity index (χ0n) is 10.8. The lowest BCUT2D eigenvalue weighted by molar-refractivity contribution is 0.281. The molecule has 1 aromatic heterocycles. The summed E-state index contributed by atoms with van der Waals surface area (Å²) in [6, 6.07) is 6.16. The first-order valence-electron chi connectivity index (χ1n) is 5.89. The van der Waals surface area contributed by atoms with Crippen molar-refractivity contribution in [2.24, 2.45) is 0 Å². The van der Waals surface area contributed by atoms with E-state index in [0.29, 0.717) is 5.92 Å². The molecule has 0 spiro atoms. The summed E-state index contributed by atoms with van der Waals surface area (Å²) in [5.74, 6) is 1.28. The molecule has 0 amide bonds. The summed E-state index contributed by atoms with van der Waals surface area (Å²) in [4.78, 5) is 4.40. The zero-order valence-corrected chi connectivity index (χ0v) is 11.6. The smallest absolute Gasteiger partial charge is 0.128 e. The van der Waals surface area contributed by atoms with E-state index in [-0.39, 0.29) is 6.61 Å². The molecule has 2 aromatic rings. The van der Waals surface area contributed by atoms with E-state index >= 15 is 0 Å². The fraction of sp³-hybridized carbons (Fsp3) is 0.357. The van der Waals surface area contributed by atoms with Crippen molar-refractivity contribution in [2.45, 2.75) is 26.4 Å². The van der Waals surface area contributed by atoms with Gasteiger partial charge in [-0.25, -0.2) is 4.98 Å². The first kappa shape index (κ1) is 13.1. The number of nitrogens with zero attached hydrogens (tertiary/aromatic N) is 1. The molecule has 1 heterocycles. The Morgan fingerprint density at radius 3 is 2.72 bits per heavy atom. The summed E-state index contributed by atoms with van der Waals surface area (Å²) in [7, 11) is 1.66. The monoisotopic (exact) mass is 263 g/mol. The molecule has 3 nitrogen and oxygen atoms in total. The van der Waals surface area contributed by atoms with E-state index < -0.39 is 0 Å². The lowest BCUT2D eigenvalue weighted by Gasteiger charge is -2.11. The Hall–Kier alpha value is -1.39. The van der Waals surface area contributed by atoms with Gasteiger partial charge in [0.2, 0.25) is 0 Å². The number of aromatic nitrogens is 1. The minimum atomic E-state index is -0.0170. The van der Waals surface area contributed by atoms with Crippen molar-refractivity contribution >= 4 is 11.3 Å². The first-order valence-corrected chi connectivity index (χ1v) is 6.77. The average Bonchev–Trinajstić information content (AvgIpc) is 2.86. The minimum absolute atomic E-state index is 0.0170. The Kier molecular flexibility index (Phi) is 3.99. The standard InChI is InChI=1S/C14H17NO2S/c1-9(2)10-4-5-13(17-3)11(6-10)12-8-18-14(7-16)15-12/h4-6,8-9,16H,7H2,1-3H3. The molecule has 1 aromatic carbocycles. The van der Waals surface area contributed by atoms with Crippen LogP contribution >= 0.6 is 11.3 Å². The summed E-state index contributed by atoms with van der Waals surface area (Å²) >= 11 is 1.46. The van der Waals surface area contributed by atoms with Crippen molar-refractivity contribution < 1.29 is 9.84 Å². The Morgan fingerprint density at radius 1 is 1.39 bits per heavy atom. The molecule has 0 atom stereocenters. The summed E-state index contributed by atoms with van der Waals surface area (Å²) in [5.41, 5.74) is 3.10. The number of hydrogen-bond acceptors (Lipinski definition) is 4. The van der Waals surface area contributed by atoms with Gasteiger partial charge in [-0.3, -0.25) is 0 Å². The lowest BCUT2D eigenvalue weighted by Crippen LogP contribution is -1.93. The fourth-order valence-corrected chi connectivity index (χ4v) is 2.45. The van der Waals surface area contributed by atoms with Gasteiger partial charge in [-0.2, -0.15) is 0 Å². The molecule has 0 aliphatic carbocycles. The highest BCUT2D eigenvalue weighted by Gasteiger charge is 2.12. The maximum absolute atomic E-state index is 9.08. The van der Waals surface area contributed by atoms with E-state index in [1.807, 2.05) is 11.4 Å². The summed E-state index contributed by atoms with van der Waals surface area (Å²) in [6.07, 6.45) is 0. The van der Waals surface area contributed by atoms with Gasteiger partial charge in [0.05, 0.1) is 19.4 Å². The lowest BCUT2D eigenvalue weighted by atomic mass is 9.99. The van der Waals surface area contributed by atoms with Crippen LogP contribution in [0.15, 0.2) is 23.6 Å². The van der Waals surface area contributed by atoms with Crippen LogP contribution in [0, 0.1) is 0 Å². The summed E-state index contributed by atoms with van der Waals surface area (Å²) < 4.78 is 5.38. The fourth-order valence-electron chi connectivity index (χ4n) is 1.79. The molecule has 0 bridgehead atoms. The quantitative estimate of drug-likeness (QED) is 0.919. The molecule has 18 heavy (non-hydrogen) atoms. The number of thiazole rings is 1. The third-order valence-corrected chi connectivity index (χ3v) is 3.69. The van der Waals surface area contributed by atoms with Gasteiger partial charge in [0, 0.05) is 10.9 Å². The van der Waals surface area contributed by atoms with Crippen LogP contribution in [0.25, 0.3) is 11.3 Å². The number of hydrogen-bond donors (Lipinski definition) is 1. The van der Waals surface area contributed by atoms with E-state index in [9.17, 15) is 0 Å². The highest BCUT2D eigenvalue weighted by atomic mass is 32.1. The number of methoxy groups -OCH3 is 1. The van der Waals surface area contributed by atoms with Gasteiger partial charge in [-0.1, -0.05) is 19.9 Å². The van der Waals surface area contributed by atoms with E-state index in [1.165, 1.54) is 16.9 Å². The van der Waals surface area contributed by atoms with E-state index in [1.54, 1.807) is 7.11 Å². The SMILES string of the molecule is COc1ccc(C(C)C)cc1-c1csc(CO)n1. The number of rotatable bonds is 4. The van der Waals surface area contributed by atoms with Crippen LogP contribution < -0.4 is 4.74 Å². The highest BCUT2D eigenvalue weighted by molar-refractivity contribution is 7.09. The van der Waals surface area contributed by atoms with Crippen molar-refractivity contribution in [3.05, 3.63) is 34.2 Å². The predicted molar refractivity (Wildman–Crippen MR) is 74.1 cm³/mol. The molecule has 0 aliphatic heterocycles. The van der Waals surface area contributed by atoms with Crippen LogP contribution in [0.5, 0.6) is 5.75 Å². The molecular formula is C14H17NO2S. The second-order valence-electron chi connectivity index (χ2n) is 4.40. The number of aliphatic hydroxyl groups is 1. The second-order valence-corrected chi connectivity index (χ2v) is 5.34. The molecule has 4 heteroatoms. The van der Waals surface area contributed by atoms with Crippen LogP contribution in [0.2, 0.25) is 0 Å². The van der Waals surface area contributed by atoms with Gasteiger partial charge in [-0.15, -0.1) is 11.3 Å². The van der Waals surface area contributed by atoms with Crippen molar-refractivity contribution in [1.82, 2.24) is 4.98 Å². The van der Waals surface area contributed by atoms with Gasteiger partial charge in [0.15, 0.2) is 0 Å². The Balaban J connectivity index is 2.49. The normalized spacial score (nSPS) is 10.9. The van der Waals surface area contributed by atoms with Crippen molar-refractivity contribution in [2.75, 3.05) is 7.11 Å². The van der Waals surface area contributed by atoms with Crippen LogP contribution in [0.4, 0.5) is 0 Å². The van der Waals surface area contributed by atoms with Crippen molar-refractivity contribution in [1.29, 1.82) is 0 Å². The van der Waals surface area contributed by atoms with Crippen LogP contribution in [-0.4, -0.2) is 17.2 Å². The van der Waals surface area contributed by atoms with Gasteiger partial charge >= 0.3 is 0 Å². The predicted octanol–water partition coefficient (Wildman–Crippen LogP) is 3.43. The van der Waals surface area contributed by atoms with E-state index in [0.717, 1.165) is 22.0 Å². The number of ether oxygens (including phenoxy) is 1. The second kappa shape index (κ2) is 5.50. The maximum Gasteiger partial charge on any atom is 0.128 e. The van der Waals surface area contributed by atoms with Crippen LogP contribution in [0.1, 0.15) is 30.3 Å². The zero-order chi connectivity index (χ0) is 13.1. The molecule has 0 fully saturated rings. The first-order chi connectivity index (χ1) is 8.65. The molecule has 1 N–H and O–H groups in total. The Morgan fingerprint density at radius 2 is 2.17 bits per heavy atom. The van der Waals surface area contributed by atoms with Crippen molar-refractivity contribution in [3.8, 4) is 17.0 Å². The third kappa shape index (κ3) is 2.54. The highest BCUT2D eigenvalue weighted by Crippen LogP contribution is 2.33. The molecule has 0 unspecified atom stereocenters.